The molecule has 0 bridgehead atoms. The molecule has 0 saturated heterocycles. The summed E-state index contributed by atoms with van der Waals surface area (Å²) < 4.78 is 69.1. The summed E-state index contributed by atoms with van der Waals surface area (Å²) in [5, 5.41) is 10.7. The minimum Gasteiger partial charge on any atom is -0.462 e. The number of ether oxygens (including phenoxy) is 4. The maximum absolute atomic E-state index is 13.2. The van der Waals surface area contributed by atoms with Crippen LogP contribution in [0, 0.1) is 23.7 Å². The zero-order chi connectivity index (χ0) is 81.6. The lowest BCUT2D eigenvalue weighted by molar-refractivity contribution is -0.161. The Morgan fingerprint density at radius 1 is 0.252 bits per heavy atom. The highest BCUT2D eigenvalue weighted by Crippen LogP contribution is 2.45. The monoisotopic (exact) mass is 1620 g/mol. The fourth-order valence-electron chi connectivity index (χ4n) is 14.3. The van der Waals surface area contributed by atoms with Crippen molar-refractivity contribution in [3.63, 3.8) is 0 Å². The molecule has 111 heavy (non-hydrogen) atoms. The first-order valence-electron chi connectivity index (χ1n) is 47.3. The molecular formula is C92H180O17P2. The third-order valence-corrected chi connectivity index (χ3v) is 24.2. The molecule has 19 heteroatoms. The van der Waals surface area contributed by atoms with Gasteiger partial charge < -0.3 is 33.8 Å². The zero-order valence-electron chi connectivity index (χ0n) is 73.6. The van der Waals surface area contributed by atoms with Crippen molar-refractivity contribution < 1.29 is 80.2 Å². The summed E-state index contributed by atoms with van der Waals surface area (Å²) in [6.45, 7) is 14.5. The molecule has 0 heterocycles. The second-order valence-corrected chi connectivity index (χ2v) is 37.4. The molecule has 0 radical (unpaired) electrons. The Bertz CT molecular complexity index is 2150. The van der Waals surface area contributed by atoms with Gasteiger partial charge in [0.15, 0.2) is 12.2 Å². The summed E-state index contributed by atoms with van der Waals surface area (Å²) >= 11 is 0. The Labute approximate surface area is 683 Å². The molecule has 0 rings (SSSR count). The van der Waals surface area contributed by atoms with Crippen LogP contribution in [0.1, 0.15) is 486 Å². The van der Waals surface area contributed by atoms with Gasteiger partial charge in [-0.05, 0) is 49.4 Å². The third kappa shape index (κ3) is 82.9. The highest BCUT2D eigenvalue weighted by molar-refractivity contribution is 7.47. The lowest BCUT2D eigenvalue weighted by Crippen LogP contribution is -2.30. The quantitative estimate of drug-likeness (QED) is 0.0222. The van der Waals surface area contributed by atoms with Gasteiger partial charge in [0.1, 0.15) is 19.3 Å². The van der Waals surface area contributed by atoms with Crippen molar-refractivity contribution in [2.24, 2.45) is 23.7 Å². The van der Waals surface area contributed by atoms with Crippen LogP contribution in [0.4, 0.5) is 0 Å². The molecule has 0 aliphatic carbocycles. The van der Waals surface area contributed by atoms with Crippen LogP contribution < -0.4 is 0 Å². The highest BCUT2D eigenvalue weighted by Gasteiger charge is 2.31. The predicted molar refractivity (Wildman–Crippen MR) is 460 cm³/mol. The van der Waals surface area contributed by atoms with E-state index in [0.717, 1.165) is 114 Å². The van der Waals surface area contributed by atoms with E-state index < -0.39 is 97.5 Å². The topological polar surface area (TPSA) is 237 Å². The average Bonchev–Trinajstić information content (AvgIpc) is 0.908. The van der Waals surface area contributed by atoms with Gasteiger partial charge in [-0.1, -0.05) is 434 Å². The van der Waals surface area contributed by atoms with Crippen molar-refractivity contribution >= 4 is 39.5 Å². The average molecular weight is 1620 g/mol. The maximum atomic E-state index is 13.2. The summed E-state index contributed by atoms with van der Waals surface area (Å²) in [6, 6.07) is 0. The van der Waals surface area contributed by atoms with E-state index >= 15 is 0 Å². The smallest absolute Gasteiger partial charge is 0.462 e. The molecule has 17 nitrogen and oxygen atoms in total. The van der Waals surface area contributed by atoms with Crippen molar-refractivity contribution in [2.45, 2.75) is 504 Å². The summed E-state index contributed by atoms with van der Waals surface area (Å²) in [6.07, 6.45) is 72.1. The summed E-state index contributed by atoms with van der Waals surface area (Å²) in [5.41, 5.74) is 0. The fourth-order valence-corrected chi connectivity index (χ4v) is 15.9. The number of rotatable bonds is 89. The largest absolute Gasteiger partial charge is 0.472 e. The molecule has 0 spiro atoms. The number of hydrogen-bond acceptors (Lipinski definition) is 15. The Kier molecular flexibility index (Phi) is 79.1. The SMILES string of the molecule is CCC(C)CCCCCCCCCCCCCCCCCCCCC(=O)O[C@H](COC(=O)CCCCCCCCCCCCCCCCCCC(C)C)COP(=O)(O)OC[C@@H](O)COP(=O)(O)OC[C@@H](COC(=O)CCCCCCCCCCC(C)CC)OC(=O)CCCCCCCCCCCCCCCCCC(C)C. The molecule has 0 aromatic rings. The molecule has 7 atom stereocenters. The minimum absolute atomic E-state index is 0.107. The lowest BCUT2D eigenvalue weighted by atomic mass is 9.99. The van der Waals surface area contributed by atoms with Gasteiger partial charge in [-0.3, -0.25) is 37.3 Å². The van der Waals surface area contributed by atoms with Gasteiger partial charge >= 0.3 is 39.5 Å². The van der Waals surface area contributed by atoms with Crippen LogP contribution in [0.3, 0.4) is 0 Å². The Morgan fingerprint density at radius 2 is 0.432 bits per heavy atom. The van der Waals surface area contributed by atoms with Crippen LogP contribution in [-0.2, 0) is 65.4 Å². The van der Waals surface area contributed by atoms with E-state index in [0.29, 0.717) is 25.7 Å². The molecule has 0 aliphatic heterocycles. The molecule has 0 saturated carbocycles. The molecule has 0 aromatic carbocycles. The van der Waals surface area contributed by atoms with Crippen molar-refractivity contribution in [3.8, 4) is 0 Å². The van der Waals surface area contributed by atoms with Gasteiger partial charge in [0.05, 0.1) is 26.4 Å². The maximum Gasteiger partial charge on any atom is 0.472 e. The van der Waals surface area contributed by atoms with Crippen LogP contribution >= 0.6 is 15.6 Å². The van der Waals surface area contributed by atoms with Gasteiger partial charge in [-0.15, -0.1) is 0 Å². The second-order valence-electron chi connectivity index (χ2n) is 34.5. The molecule has 0 aromatic heterocycles. The first-order valence-corrected chi connectivity index (χ1v) is 50.3. The first kappa shape index (κ1) is 109. The zero-order valence-corrected chi connectivity index (χ0v) is 75.4. The minimum atomic E-state index is -4.97. The van der Waals surface area contributed by atoms with E-state index in [-0.39, 0.29) is 25.7 Å². The van der Waals surface area contributed by atoms with E-state index in [1.165, 1.54) is 289 Å². The van der Waals surface area contributed by atoms with E-state index in [1.807, 2.05) is 0 Å². The highest BCUT2D eigenvalue weighted by atomic mass is 31.2. The normalized spacial score (nSPS) is 14.3. The number of aliphatic hydroxyl groups excluding tert-OH is 1. The number of unbranched alkanes of at least 4 members (excludes halogenated alkanes) is 53. The van der Waals surface area contributed by atoms with E-state index in [1.54, 1.807) is 0 Å². The number of carbonyl (C=O) groups excluding carboxylic acids is 4. The Morgan fingerprint density at radius 3 is 0.640 bits per heavy atom. The van der Waals surface area contributed by atoms with Crippen LogP contribution in [0.2, 0.25) is 0 Å². The second kappa shape index (κ2) is 80.5. The Balaban J connectivity index is 5.26. The number of aliphatic hydroxyl groups is 1. The van der Waals surface area contributed by atoms with E-state index in [2.05, 4.69) is 55.4 Å². The van der Waals surface area contributed by atoms with E-state index in [4.69, 9.17) is 37.0 Å². The number of esters is 4. The van der Waals surface area contributed by atoms with Gasteiger partial charge in [0.25, 0.3) is 0 Å². The summed E-state index contributed by atoms with van der Waals surface area (Å²) in [5.74, 6) is 1.16. The van der Waals surface area contributed by atoms with Crippen LogP contribution in [0.5, 0.6) is 0 Å². The first-order chi connectivity index (χ1) is 53.7. The number of phosphoric ester groups is 2. The van der Waals surface area contributed by atoms with Crippen molar-refractivity contribution in [1.82, 2.24) is 0 Å². The molecule has 0 aliphatic rings. The van der Waals surface area contributed by atoms with Gasteiger partial charge in [0, 0.05) is 25.7 Å². The van der Waals surface area contributed by atoms with Crippen LogP contribution in [0.15, 0.2) is 0 Å². The van der Waals surface area contributed by atoms with Crippen molar-refractivity contribution in [3.05, 3.63) is 0 Å². The number of phosphoric acid groups is 2. The standard InChI is InChI=1S/C92H180O17P2/c1-9-84(7)70-62-54-46-38-32-26-20-13-11-12-14-22-28-34-40-50-58-66-74-91(96)108-87(78-102-89(94)72-64-56-48-39-33-27-21-16-15-18-24-30-36-44-52-60-68-82(3)4)80-106-110(98,99)104-76-86(93)77-105-111(100,101)107-81-88(79-103-90(95)73-65-57-49-43-42-47-55-63-71-85(8)10-2)109-92(97)75-67-59-51-41-35-29-23-17-19-25-31-37-45-53-61-69-83(5)6/h82-88,93H,9-81H2,1-8H3,(H,98,99)(H,100,101)/t84?,85?,86-,87-,88-/m1/s1. The number of hydrogen-bond donors (Lipinski definition) is 3. The van der Waals surface area contributed by atoms with Crippen molar-refractivity contribution in [1.29, 1.82) is 0 Å². The lowest BCUT2D eigenvalue weighted by Gasteiger charge is -2.21. The fraction of sp³-hybridized carbons (Fsp3) is 0.957. The van der Waals surface area contributed by atoms with Crippen LogP contribution in [0.25, 0.3) is 0 Å². The van der Waals surface area contributed by atoms with Crippen molar-refractivity contribution in [2.75, 3.05) is 39.6 Å². The Hall–Kier alpha value is -1.94. The van der Waals surface area contributed by atoms with Crippen LogP contribution in [-0.4, -0.2) is 96.7 Å². The molecule has 3 N–H and O–H groups in total. The molecule has 0 fully saturated rings. The van der Waals surface area contributed by atoms with Gasteiger partial charge in [-0.25, -0.2) is 9.13 Å². The summed E-state index contributed by atoms with van der Waals surface area (Å²) in [4.78, 5) is 73.5. The molecule has 4 unspecified atom stereocenters. The van der Waals surface area contributed by atoms with Gasteiger partial charge in [-0.2, -0.15) is 0 Å². The number of carbonyl (C=O) groups is 4. The molecule has 660 valence electrons. The predicted octanol–water partition coefficient (Wildman–Crippen LogP) is 28.3. The summed E-state index contributed by atoms with van der Waals surface area (Å²) in [7, 11) is -9.94. The van der Waals surface area contributed by atoms with Gasteiger partial charge in [0.2, 0.25) is 0 Å². The molecule has 0 amide bonds. The van der Waals surface area contributed by atoms with E-state index in [9.17, 15) is 43.2 Å². The third-order valence-electron chi connectivity index (χ3n) is 22.3. The molecular weight excluding hydrogens is 1440 g/mol.